The van der Waals surface area contributed by atoms with Crippen LogP contribution in [0, 0.1) is 0 Å². The highest BCUT2D eigenvalue weighted by molar-refractivity contribution is 7.98. The molecule has 2 aliphatic rings. The van der Waals surface area contributed by atoms with Crippen molar-refractivity contribution < 1.29 is 23.8 Å². The molecule has 8 nitrogen and oxygen atoms in total. The molecule has 31 heavy (non-hydrogen) atoms. The number of amides is 1. The maximum atomic E-state index is 13.3. The number of benzene rings is 2. The largest absolute Gasteiger partial charge is 0.486 e. The number of hydrogen-bond acceptors (Lipinski definition) is 8. The molecule has 1 N–H and O–H groups in total. The lowest BCUT2D eigenvalue weighted by Gasteiger charge is -2.24. The topological polar surface area (TPSA) is 89.5 Å². The molecule has 0 saturated carbocycles. The van der Waals surface area contributed by atoms with Gasteiger partial charge in [0.2, 0.25) is 5.91 Å². The van der Waals surface area contributed by atoms with Crippen LogP contribution in [-0.2, 0) is 14.3 Å². The van der Waals surface area contributed by atoms with E-state index in [1.165, 1.54) is 11.8 Å². The molecule has 1 atom stereocenters. The summed E-state index contributed by atoms with van der Waals surface area (Å²) in [7, 11) is 0. The van der Waals surface area contributed by atoms with Crippen molar-refractivity contribution in [1.29, 1.82) is 0 Å². The van der Waals surface area contributed by atoms with Crippen LogP contribution < -0.4 is 19.8 Å². The third-order valence-corrected chi connectivity index (χ3v) is 5.64. The molecule has 2 aromatic rings. The van der Waals surface area contributed by atoms with E-state index in [9.17, 15) is 9.59 Å². The molecule has 0 bridgehead atoms. The average molecular weight is 442 g/mol. The maximum Gasteiger partial charge on any atom is 0.354 e. The first-order valence-corrected chi connectivity index (χ1v) is 11.2. The van der Waals surface area contributed by atoms with Crippen molar-refractivity contribution in [2.45, 2.75) is 24.3 Å². The van der Waals surface area contributed by atoms with Gasteiger partial charge in [-0.25, -0.2) is 4.79 Å². The highest BCUT2D eigenvalue weighted by atomic mass is 32.2. The second kappa shape index (κ2) is 9.30. The average Bonchev–Trinajstić information content (AvgIpc) is 3.25. The molecule has 0 aliphatic carbocycles. The summed E-state index contributed by atoms with van der Waals surface area (Å²) in [5.41, 5.74) is 1.56. The number of fused-ring (bicyclic) bond motifs is 1. The minimum absolute atomic E-state index is 0.152. The van der Waals surface area contributed by atoms with Crippen molar-refractivity contribution in [2.24, 2.45) is 5.10 Å². The van der Waals surface area contributed by atoms with Crippen molar-refractivity contribution >= 4 is 40.7 Å². The van der Waals surface area contributed by atoms with Crippen LogP contribution in [0.3, 0.4) is 0 Å². The smallest absolute Gasteiger partial charge is 0.354 e. The number of carbonyl (C=O) groups excluding carboxylic acids is 2. The first-order chi connectivity index (χ1) is 15.1. The summed E-state index contributed by atoms with van der Waals surface area (Å²) in [6, 6.07) is 12.2. The highest BCUT2D eigenvalue weighted by Gasteiger charge is 2.37. The molecule has 4 rings (SSSR count). The quantitative estimate of drug-likeness (QED) is 0.543. The zero-order chi connectivity index (χ0) is 21.8. The number of esters is 1. The van der Waals surface area contributed by atoms with Gasteiger partial charge in [-0.1, -0.05) is 18.2 Å². The normalized spacial score (nSPS) is 17.2. The Kier molecular flexibility index (Phi) is 6.31. The fourth-order valence-electron chi connectivity index (χ4n) is 3.42. The van der Waals surface area contributed by atoms with Gasteiger partial charge in [-0.05, 0) is 31.4 Å². The number of carbonyl (C=O) groups is 2. The third kappa shape index (κ3) is 4.46. The Labute approximate surface area is 184 Å². The molecule has 0 radical (unpaired) electrons. The Morgan fingerprint density at radius 1 is 1.19 bits per heavy atom. The van der Waals surface area contributed by atoms with Crippen LogP contribution in [0.25, 0.3) is 0 Å². The number of para-hydroxylation sites is 1. The van der Waals surface area contributed by atoms with Gasteiger partial charge in [-0.3, -0.25) is 9.80 Å². The van der Waals surface area contributed by atoms with Crippen LogP contribution in [0.5, 0.6) is 11.5 Å². The van der Waals surface area contributed by atoms with Crippen molar-refractivity contribution in [1.82, 2.24) is 0 Å². The summed E-state index contributed by atoms with van der Waals surface area (Å²) in [5, 5.41) is 8.95. The Hall–Kier alpha value is -3.20. The Morgan fingerprint density at radius 2 is 1.90 bits per heavy atom. The van der Waals surface area contributed by atoms with Gasteiger partial charge in [0.25, 0.3) is 0 Å². The second-order valence-corrected chi connectivity index (χ2v) is 7.70. The minimum Gasteiger partial charge on any atom is -0.486 e. The molecule has 2 aliphatic heterocycles. The standard InChI is InChI=1S/C22H23N3O5S/c1-3-28-22(27)16-11-17(25(24-16)14-7-5-4-6-8-14)21(26)23-15-12-18-19(13-20(15)31-2)30-10-9-29-18/h4-8,12-13,17H,3,9-11H2,1-2H3,(H,23,26). The fraction of sp³-hybridized carbons (Fsp3) is 0.318. The van der Waals surface area contributed by atoms with E-state index in [0.717, 1.165) is 4.90 Å². The number of nitrogens with one attached hydrogen (secondary N) is 1. The second-order valence-electron chi connectivity index (χ2n) is 6.85. The predicted octanol–water partition coefficient (Wildman–Crippen LogP) is 3.32. The van der Waals surface area contributed by atoms with Crippen molar-refractivity contribution in [2.75, 3.05) is 36.4 Å². The molecule has 1 amide bonds. The van der Waals surface area contributed by atoms with Crippen LogP contribution in [0.1, 0.15) is 13.3 Å². The van der Waals surface area contributed by atoms with Gasteiger partial charge in [0.05, 0.1) is 18.0 Å². The first kappa shape index (κ1) is 21.0. The molecule has 9 heteroatoms. The van der Waals surface area contributed by atoms with E-state index in [2.05, 4.69) is 10.4 Å². The summed E-state index contributed by atoms with van der Waals surface area (Å²) >= 11 is 1.50. The number of hydrazone groups is 1. The summed E-state index contributed by atoms with van der Waals surface area (Å²) in [4.78, 5) is 26.4. The molecule has 2 heterocycles. The molecule has 2 aromatic carbocycles. The van der Waals surface area contributed by atoms with Gasteiger partial charge in [0.1, 0.15) is 25.0 Å². The number of thioether (sulfide) groups is 1. The van der Waals surface area contributed by atoms with E-state index < -0.39 is 12.0 Å². The van der Waals surface area contributed by atoms with Crippen LogP contribution >= 0.6 is 11.8 Å². The van der Waals surface area contributed by atoms with E-state index in [1.54, 1.807) is 18.0 Å². The number of hydrogen-bond donors (Lipinski definition) is 1. The SMILES string of the molecule is CCOC(=O)C1=NN(c2ccccc2)C(C(=O)Nc2cc3c(cc2SC)OCCO3)C1. The molecule has 0 fully saturated rings. The minimum atomic E-state index is -0.690. The van der Waals surface area contributed by atoms with Gasteiger partial charge < -0.3 is 19.5 Å². The molecule has 0 saturated heterocycles. The Morgan fingerprint density at radius 3 is 2.58 bits per heavy atom. The number of nitrogens with zero attached hydrogens (tertiary/aromatic N) is 2. The highest BCUT2D eigenvalue weighted by Crippen LogP contribution is 2.39. The lowest BCUT2D eigenvalue weighted by atomic mass is 10.1. The van der Waals surface area contributed by atoms with Gasteiger partial charge in [-0.15, -0.1) is 11.8 Å². The maximum absolute atomic E-state index is 13.3. The molecule has 0 spiro atoms. The van der Waals surface area contributed by atoms with E-state index in [1.807, 2.05) is 42.7 Å². The van der Waals surface area contributed by atoms with Gasteiger partial charge >= 0.3 is 5.97 Å². The number of rotatable bonds is 6. The van der Waals surface area contributed by atoms with Crippen molar-refractivity contribution in [3.8, 4) is 11.5 Å². The Bertz CT molecular complexity index is 1010. The lowest BCUT2D eigenvalue weighted by Crippen LogP contribution is -2.39. The molecule has 0 aromatic heterocycles. The van der Waals surface area contributed by atoms with Gasteiger partial charge in [-0.2, -0.15) is 5.10 Å². The summed E-state index contributed by atoms with van der Waals surface area (Å²) < 4.78 is 16.4. The van der Waals surface area contributed by atoms with Crippen LogP contribution in [0.2, 0.25) is 0 Å². The summed E-state index contributed by atoms with van der Waals surface area (Å²) in [6.45, 7) is 2.93. The fourth-order valence-corrected chi connectivity index (χ4v) is 3.98. The molecular formula is C22H23N3O5S. The molecule has 162 valence electrons. The predicted molar refractivity (Wildman–Crippen MR) is 119 cm³/mol. The zero-order valence-corrected chi connectivity index (χ0v) is 18.1. The van der Waals surface area contributed by atoms with E-state index >= 15 is 0 Å². The lowest BCUT2D eigenvalue weighted by molar-refractivity contribution is -0.135. The monoisotopic (exact) mass is 441 g/mol. The van der Waals surface area contributed by atoms with Crippen LogP contribution in [0.4, 0.5) is 11.4 Å². The van der Waals surface area contributed by atoms with Crippen LogP contribution in [0.15, 0.2) is 52.5 Å². The zero-order valence-electron chi connectivity index (χ0n) is 17.3. The number of ether oxygens (including phenoxy) is 3. The molecule has 1 unspecified atom stereocenters. The Balaban J connectivity index is 1.60. The van der Waals surface area contributed by atoms with E-state index in [0.29, 0.717) is 36.1 Å². The molecular weight excluding hydrogens is 418 g/mol. The van der Waals surface area contributed by atoms with Gasteiger partial charge in [0, 0.05) is 17.4 Å². The van der Waals surface area contributed by atoms with E-state index in [-0.39, 0.29) is 24.6 Å². The van der Waals surface area contributed by atoms with Crippen LogP contribution in [-0.4, -0.2) is 49.7 Å². The number of anilines is 2. The van der Waals surface area contributed by atoms with Crippen molar-refractivity contribution in [3.63, 3.8) is 0 Å². The summed E-state index contributed by atoms with van der Waals surface area (Å²) in [5.74, 6) is 0.462. The first-order valence-electron chi connectivity index (χ1n) is 9.98. The van der Waals surface area contributed by atoms with Crippen molar-refractivity contribution in [3.05, 3.63) is 42.5 Å². The van der Waals surface area contributed by atoms with Gasteiger partial charge in [0.15, 0.2) is 11.5 Å². The third-order valence-electron chi connectivity index (χ3n) is 4.87. The van der Waals surface area contributed by atoms with E-state index in [4.69, 9.17) is 14.2 Å². The summed E-state index contributed by atoms with van der Waals surface area (Å²) in [6.07, 6.45) is 2.08.